The topological polar surface area (TPSA) is 55.5 Å². The Morgan fingerprint density at radius 2 is 1.88 bits per heavy atom. The maximum absolute atomic E-state index is 9.53. The van der Waals surface area contributed by atoms with Crippen LogP contribution in [-0.2, 0) is 16.9 Å². The van der Waals surface area contributed by atoms with Crippen LogP contribution in [0.15, 0.2) is 24.3 Å². The third-order valence-electron chi connectivity index (χ3n) is 3.69. The zero-order chi connectivity index (χ0) is 12.3. The zero-order valence-electron chi connectivity index (χ0n) is 10.4. The number of aliphatic hydroxyl groups is 1. The molecule has 0 amide bonds. The van der Waals surface area contributed by atoms with E-state index in [1.54, 1.807) is 7.11 Å². The van der Waals surface area contributed by atoms with Crippen molar-refractivity contribution in [3.05, 3.63) is 35.4 Å². The quantitative estimate of drug-likeness (QED) is 0.841. The van der Waals surface area contributed by atoms with E-state index in [2.05, 4.69) is 24.3 Å². The van der Waals surface area contributed by atoms with Crippen LogP contribution in [0, 0.1) is 0 Å². The SMILES string of the molecule is COCc1ccc(C2(N)CCC(O)CC2)cc1. The van der Waals surface area contributed by atoms with Crippen LogP contribution in [0.2, 0.25) is 0 Å². The molecule has 1 saturated carbocycles. The molecule has 0 atom stereocenters. The van der Waals surface area contributed by atoms with Crippen molar-refractivity contribution in [3.63, 3.8) is 0 Å². The van der Waals surface area contributed by atoms with Gasteiger partial charge in [-0.15, -0.1) is 0 Å². The molecule has 1 fully saturated rings. The first-order valence-electron chi connectivity index (χ1n) is 6.19. The van der Waals surface area contributed by atoms with Crippen LogP contribution in [-0.4, -0.2) is 18.3 Å². The summed E-state index contributed by atoms with van der Waals surface area (Å²) in [5.41, 5.74) is 8.50. The lowest BCUT2D eigenvalue weighted by molar-refractivity contribution is 0.0969. The van der Waals surface area contributed by atoms with Gasteiger partial charge in [0.15, 0.2) is 0 Å². The molecule has 0 saturated heterocycles. The van der Waals surface area contributed by atoms with Gasteiger partial charge in [0.05, 0.1) is 12.7 Å². The van der Waals surface area contributed by atoms with Gasteiger partial charge >= 0.3 is 0 Å². The smallest absolute Gasteiger partial charge is 0.0713 e. The van der Waals surface area contributed by atoms with E-state index in [0.717, 1.165) is 31.2 Å². The zero-order valence-corrected chi connectivity index (χ0v) is 10.4. The molecular formula is C14H21NO2. The third-order valence-corrected chi connectivity index (χ3v) is 3.69. The van der Waals surface area contributed by atoms with Crippen LogP contribution >= 0.6 is 0 Å². The van der Waals surface area contributed by atoms with Crippen molar-refractivity contribution in [2.45, 2.75) is 43.9 Å². The molecular weight excluding hydrogens is 214 g/mol. The van der Waals surface area contributed by atoms with Crippen LogP contribution in [0.1, 0.15) is 36.8 Å². The summed E-state index contributed by atoms with van der Waals surface area (Å²) in [4.78, 5) is 0. The highest BCUT2D eigenvalue weighted by molar-refractivity contribution is 5.28. The van der Waals surface area contributed by atoms with Crippen molar-refractivity contribution < 1.29 is 9.84 Å². The van der Waals surface area contributed by atoms with Crippen molar-refractivity contribution in [1.82, 2.24) is 0 Å². The monoisotopic (exact) mass is 235 g/mol. The Morgan fingerprint density at radius 1 is 1.29 bits per heavy atom. The Balaban J connectivity index is 2.10. The van der Waals surface area contributed by atoms with E-state index >= 15 is 0 Å². The Bertz CT molecular complexity index is 353. The third kappa shape index (κ3) is 2.86. The lowest BCUT2D eigenvalue weighted by atomic mass is 9.76. The minimum atomic E-state index is -0.259. The molecule has 0 spiro atoms. The van der Waals surface area contributed by atoms with Crippen LogP contribution in [0.3, 0.4) is 0 Å². The molecule has 0 unspecified atom stereocenters. The normalized spacial score (nSPS) is 29.2. The van der Waals surface area contributed by atoms with Crippen LogP contribution < -0.4 is 5.73 Å². The molecule has 17 heavy (non-hydrogen) atoms. The summed E-state index contributed by atoms with van der Waals surface area (Å²) in [5.74, 6) is 0. The van der Waals surface area contributed by atoms with E-state index < -0.39 is 0 Å². The van der Waals surface area contributed by atoms with Gasteiger partial charge in [-0.2, -0.15) is 0 Å². The van der Waals surface area contributed by atoms with Gasteiger partial charge in [0, 0.05) is 12.6 Å². The Kier molecular flexibility index (Phi) is 3.82. The van der Waals surface area contributed by atoms with E-state index in [0.29, 0.717) is 6.61 Å². The van der Waals surface area contributed by atoms with Crippen LogP contribution in [0.4, 0.5) is 0 Å². The van der Waals surface area contributed by atoms with Gasteiger partial charge in [0.25, 0.3) is 0 Å². The number of rotatable bonds is 3. The van der Waals surface area contributed by atoms with Crippen molar-refractivity contribution in [1.29, 1.82) is 0 Å². The molecule has 1 aromatic rings. The van der Waals surface area contributed by atoms with Crippen molar-refractivity contribution in [2.24, 2.45) is 5.73 Å². The summed E-state index contributed by atoms with van der Waals surface area (Å²) < 4.78 is 5.09. The molecule has 3 N–H and O–H groups in total. The maximum Gasteiger partial charge on any atom is 0.0713 e. The van der Waals surface area contributed by atoms with E-state index in [1.807, 2.05) is 0 Å². The minimum absolute atomic E-state index is 0.167. The lowest BCUT2D eigenvalue weighted by Crippen LogP contribution is -2.41. The number of methoxy groups -OCH3 is 1. The fraction of sp³-hybridized carbons (Fsp3) is 0.571. The Labute approximate surface area is 103 Å². The van der Waals surface area contributed by atoms with Gasteiger partial charge in [0.2, 0.25) is 0 Å². The van der Waals surface area contributed by atoms with Crippen LogP contribution in [0.25, 0.3) is 0 Å². The Hall–Kier alpha value is -0.900. The molecule has 1 aromatic carbocycles. The number of hydrogen-bond acceptors (Lipinski definition) is 3. The van der Waals surface area contributed by atoms with Gasteiger partial charge in [-0.3, -0.25) is 0 Å². The fourth-order valence-electron chi connectivity index (χ4n) is 2.51. The standard InChI is InChI=1S/C14H21NO2/c1-17-10-11-2-4-12(5-3-11)14(15)8-6-13(16)7-9-14/h2-5,13,16H,6-10,15H2,1H3. The molecule has 0 aromatic heterocycles. The van der Waals surface area contributed by atoms with Gasteiger partial charge in [-0.05, 0) is 36.8 Å². The molecule has 0 heterocycles. The lowest BCUT2D eigenvalue weighted by Gasteiger charge is -2.36. The van der Waals surface area contributed by atoms with Gasteiger partial charge in [0.1, 0.15) is 0 Å². The summed E-state index contributed by atoms with van der Waals surface area (Å²) >= 11 is 0. The fourth-order valence-corrected chi connectivity index (χ4v) is 2.51. The summed E-state index contributed by atoms with van der Waals surface area (Å²) in [5, 5.41) is 9.53. The van der Waals surface area contributed by atoms with E-state index in [9.17, 15) is 5.11 Å². The van der Waals surface area contributed by atoms with E-state index in [1.165, 1.54) is 5.56 Å². The molecule has 3 nitrogen and oxygen atoms in total. The molecule has 1 aliphatic rings. The first kappa shape index (κ1) is 12.6. The molecule has 0 radical (unpaired) electrons. The highest BCUT2D eigenvalue weighted by Crippen LogP contribution is 2.34. The molecule has 2 rings (SSSR count). The Morgan fingerprint density at radius 3 is 2.41 bits per heavy atom. The van der Waals surface area contributed by atoms with Gasteiger partial charge < -0.3 is 15.6 Å². The second-order valence-electron chi connectivity index (χ2n) is 5.02. The number of nitrogens with two attached hydrogens (primary N) is 1. The largest absolute Gasteiger partial charge is 0.393 e. The molecule has 94 valence electrons. The number of aliphatic hydroxyl groups excluding tert-OH is 1. The van der Waals surface area contributed by atoms with Crippen molar-refractivity contribution in [3.8, 4) is 0 Å². The predicted octanol–water partition coefficient (Wildman–Crippen LogP) is 1.92. The number of hydrogen-bond donors (Lipinski definition) is 2. The molecule has 1 aliphatic carbocycles. The average molecular weight is 235 g/mol. The molecule has 3 heteroatoms. The van der Waals surface area contributed by atoms with Crippen molar-refractivity contribution in [2.75, 3.05) is 7.11 Å². The van der Waals surface area contributed by atoms with Crippen LogP contribution in [0.5, 0.6) is 0 Å². The highest BCUT2D eigenvalue weighted by atomic mass is 16.5. The summed E-state index contributed by atoms with van der Waals surface area (Å²) in [6, 6.07) is 8.31. The van der Waals surface area contributed by atoms with E-state index in [4.69, 9.17) is 10.5 Å². The number of ether oxygens (including phenoxy) is 1. The highest BCUT2D eigenvalue weighted by Gasteiger charge is 2.32. The maximum atomic E-state index is 9.53. The predicted molar refractivity (Wildman–Crippen MR) is 67.5 cm³/mol. The second kappa shape index (κ2) is 5.17. The second-order valence-corrected chi connectivity index (χ2v) is 5.02. The first-order valence-corrected chi connectivity index (χ1v) is 6.19. The van der Waals surface area contributed by atoms with Gasteiger partial charge in [-0.1, -0.05) is 24.3 Å². The van der Waals surface area contributed by atoms with E-state index in [-0.39, 0.29) is 11.6 Å². The first-order chi connectivity index (χ1) is 8.14. The van der Waals surface area contributed by atoms with Crippen molar-refractivity contribution >= 4 is 0 Å². The summed E-state index contributed by atoms with van der Waals surface area (Å²) in [6.07, 6.45) is 3.15. The average Bonchev–Trinajstić information content (AvgIpc) is 2.35. The molecule has 0 bridgehead atoms. The molecule has 0 aliphatic heterocycles. The minimum Gasteiger partial charge on any atom is -0.393 e. The summed E-state index contributed by atoms with van der Waals surface area (Å²) in [7, 11) is 1.70. The van der Waals surface area contributed by atoms with Gasteiger partial charge in [-0.25, -0.2) is 0 Å². The summed E-state index contributed by atoms with van der Waals surface area (Å²) in [6.45, 7) is 0.635. The number of benzene rings is 1.